The van der Waals surface area contributed by atoms with Crippen LogP contribution in [-0.4, -0.2) is 60.0 Å². The summed E-state index contributed by atoms with van der Waals surface area (Å²) >= 11 is 0. The van der Waals surface area contributed by atoms with Crippen LogP contribution in [0, 0.1) is 11.8 Å². The number of likely N-dealkylation sites (tertiary alicyclic amines) is 2. The highest BCUT2D eigenvalue weighted by Gasteiger charge is 2.36. The maximum atomic E-state index is 13.0. The Morgan fingerprint density at radius 1 is 1.12 bits per heavy atom. The van der Waals surface area contributed by atoms with Crippen molar-refractivity contribution in [3.8, 4) is 0 Å². The average molecular weight is 375 g/mol. The minimum absolute atomic E-state index is 0. The number of hydrogen-bond acceptors (Lipinski definition) is 3. The van der Waals surface area contributed by atoms with Crippen LogP contribution in [-0.2, 0) is 4.79 Å². The van der Waals surface area contributed by atoms with Gasteiger partial charge in [0, 0.05) is 38.3 Å². The van der Waals surface area contributed by atoms with Crippen LogP contribution in [0.15, 0.2) is 0 Å². The lowest BCUT2D eigenvalue weighted by Gasteiger charge is -2.41. The number of rotatable bonds is 4. The molecule has 3 unspecified atom stereocenters. The highest BCUT2D eigenvalue weighted by Crippen LogP contribution is 2.25. The molecular formula is C18H35ClN4O2. The third-order valence-corrected chi connectivity index (χ3v) is 5.16. The van der Waals surface area contributed by atoms with E-state index in [1.165, 1.54) is 0 Å². The van der Waals surface area contributed by atoms with Crippen LogP contribution < -0.4 is 11.1 Å². The number of nitrogens with two attached hydrogens (primary N) is 1. The van der Waals surface area contributed by atoms with Gasteiger partial charge in [-0.1, -0.05) is 13.8 Å². The second-order valence-electron chi connectivity index (χ2n) is 7.82. The normalized spacial score (nSPS) is 25.3. The summed E-state index contributed by atoms with van der Waals surface area (Å²) in [4.78, 5) is 29.1. The molecule has 2 aliphatic heterocycles. The number of amides is 3. The minimum Gasteiger partial charge on any atom is -0.338 e. The maximum absolute atomic E-state index is 13.0. The number of urea groups is 1. The molecule has 2 saturated heterocycles. The fourth-order valence-electron chi connectivity index (χ4n) is 3.78. The molecule has 146 valence electrons. The van der Waals surface area contributed by atoms with Crippen LogP contribution in [0.4, 0.5) is 4.79 Å². The molecule has 2 aliphatic rings. The fraction of sp³-hybridized carbons (Fsp3) is 0.889. The Hall–Kier alpha value is -1.01. The molecule has 3 atom stereocenters. The van der Waals surface area contributed by atoms with Crippen molar-refractivity contribution in [3.63, 3.8) is 0 Å². The lowest BCUT2D eigenvalue weighted by Crippen LogP contribution is -2.56. The number of carbonyl (C=O) groups is 2. The molecular weight excluding hydrogens is 340 g/mol. The first-order chi connectivity index (χ1) is 11.4. The zero-order valence-corrected chi connectivity index (χ0v) is 16.7. The molecule has 2 rings (SSSR count). The first kappa shape index (κ1) is 22.0. The van der Waals surface area contributed by atoms with E-state index in [0.29, 0.717) is 19.0 Å². The molecule has 2 heterocycles. The van der Waals surface area contributed by atoms with E-state index in [4.69, 9.17) is 5.73 Å². The smallest absolute Gasteiger partial charge is 0.317 e. The van der Waals surface area contributed by atoms with Crippen molar-refractivity contribution in [1.82, 2.24) is 15.1 Å². The van der Waals surface area contributed by atoms with Crippen molar-refractivity contribution in [1.29, 1.82) is 0 Å². The van der Waals surface area contributed by atoms with Gasteiger partial charge in [-0.3, -0.25) is 4.79 Å². The molecule has 7 heteroatoms. The monoisotopic (exact) mass is 374 g/mol. The predicted octanol–water partition coefficient (Wildman–Crippen LogP) is 2.21. The molecule has 0 radical (unpaired) electrons. The molecule has 0 aromatic heterocycles. The Bertz CT molecular complexity index is 445. The third kappa shape index (κ3) is 6.03. The minimum atomic E-state index is -0.0806. The highest BCUT2D eigenvalue weighted by molar-refractivity contribution is 5.85. The van der Waals surface area contributed by atoms with Gasteiger partial charge in [0.05, 0.1) is 5.92 Å². The Morgan fingerprint density at radius 3 is 2.48 bits per heavy atom. The van der Waals surface area contributed by atoms with Gasteiger partial charge < -0.3 is 20.9 Å². The van der Waals surface area contributed by atoms with Gasteiger partial charge in [0.1, 0.15) is 0 Å². The second-order valence-corrected chi connectivity index (χ2v) is 7.82. The molecule has 0 aromatic carbocycles. The molecule has 3 amide bonds. The van der Waals surface area contributed by atoms with Crippen LogP contribution in [0.5, 0.6) is 0 Å². The van der Waals surface area contributed by atoms with Crippen molar-refractivity contribution in [2.75, 3.05) is 26.2 Å². The Labute approximate surface area is 158 Å². The molecule has 6 nitrogen and oxygen atoms in total. The summed E-state index contributed by atoms with van der Waals surface area (Å²) in [7, 11) is 0. The van der Waals surface area contributed by atoms with E-state index in [9.17, 15) is 9.59 Å². The van der Waals surface area contributed by atoms with Crippen molar-refractivity contribution in [2.45, 2.75) is 65.0 Å². The summed E-state index contributed by atoms with van der Waals surface area (Å²) in [5.74, 6) is 0.539. The average Bonchev–Trinajstić information content (AvgIpc) is 2.59. The van der Waals surface area contributed by atoms with Crippen LogP contribution >= 0.6 is 12.4 Å². The Morgan fingerprint density at radius 2 is 1.84 bits per heavy atom. The zero-order chi connectivity index (χ0) is 17.7. The topological polar surface area (TPSA) is 78.7 Å². The fourth-order valence-corrected chi connectivity index (χ4v) is 3.78. The largest absolute Gasteiger partial charge is 0.338 e. The van der Waals surface area contributed by atoms with E-state index >= 15 is 0 Å². The maximum Gasteiger partial charge on any atom is 0.317 e. The van der Waals surface area contributed by atoms with Crippen molar-refractivity contribution < 1.29 is 9.59 Å². The van der Waals surface area contributed by atoms with Gasteiger partial charge in [0.15, 0.2) is 0 Å². The summed E-state index contributed by atoms with van der Waals surface area (Å²) in [5.41, 5.74) is 6.10. The van der Waals surface area contributed by atoms with Gasteiger partial charge in [-0.25, -0.2) is 4.79 Å². The van der Waals surface area contributed by atoms with Gasteiger partial charge >= 0.3 is 6.03 Å². The summed E-state index contributed by atoms with van der Waals surface area (Å²) in [6.07, 6.45) is 4.95. The van der Waals surface area contributed by atoms with E-state index < -0.39 is 0 Å². The van der Waals surface area contributed by atoms with E-state index in [0.717, 1.165) is 45.2 Å². The van der Waals surface area contributed by atoms with Crippen molar-refractivity contribution in [2.24, 2.45) is 17.6 Å². The Balaban J connectivity index is 0.00000312. The molecule has 25 heavy (non-hydrogen) atoms. The van der Waals surface area contributed by atoms with E-state index in [2.05, 4.69) is 19.2 Å². The molecule has 0 aliphatic carbocycles. The summed E-state index contributed by atoms with van der Waals surface area (Å²) in [5, 5.41) is 2.96. The third-order valence-electron chi connectivity index (χ3n) is 5.16. The van der Waals surface area contributed by atoms with Crippen molar-refractivity contribution in [3.05, 3.63) is 0 Å². The van der Waals surface area contributed by atoms with E-state index in [1.54, 1.807) is 4.90 Å². The number of halogens is 1. The van der Waals surface area contributed by atoms with Crippen molar-refractivity contribution >= 4 is 24.3 Å². The van der Waals surface area contributed by atoms with Crippen LogP contribution in [0.1, 0.15) is 52.9 Å². The van der Waals surface area contributed by atoms with Gasteiger partial charge in [0.25, 0.3) is 0 Å². The van der Waals surface area contributed by atoms with E-state index in [-0.39, 0.29) is 42.3 Å². The predicted molar refractivity (Wildman–Crippen MR) is 103 cm³/mol. The molecule has 0 bridgehead atoms. The molecule has 0 saturated carbocycles. The molecule has 0 aromatic rings. The number of carbonyl (C=O) groups excluding carboxylic acids is 2. The molecule has 0 spiro atoms. The molecule has 3 N–H and O–H groups in total. The van der Waals surface area contributed by atoms with Crippen LogP contribution in [0.3, 0.4) is 0 Å². The number of hydrogen-bond donors (Lipinski definition) is 2. The number of piperidine rings is 2. The van der Waals surface area contributed by atoms with Crippen LogP contribution in [0.2, 0.25) is 0 Å². The van der Waals surface area contributed by atoms with E-state index in [1.807, 2.05) is 11.8 Å². The first-order valence-corrected chi connectivity index (χ1v) is 9.49. The highest BCUT2D eigenvalue weighted by atomic mass is 35.5. The number of nitrogens with zero attached hydrogens (tertiary/aromatic N) is 2. The van der Waals surface area contributed by atoms with Gasteiger partial charge in [0.2, 0.25) is 5.91 Å². The van der Waals surface area contributed by atoms with Gasteiger partial charge in [-0.05, 0) is 44.9 Å². The summed E-state index contributed by atoms with van der Waals surface area (Å²) in [6, 6.07) is 0.114. The second kappa shape index (κ2) is 10.2. The molecule has 2 fully saturated rings. The first-order valence-electron chi connectivity index (χ1n) is 9.49. The van der Waals surface area contributed by atoms with Gasteiger partial charge in [-0.15, -0.1) is 12.4 Å². The quantitative estimate of drug-likeness (QED) is 0.791. The standard InChI is InChI=1S/C18H34N4O2.ClH/c1-13(2)11-20-18(24)21-9-6-7-15(12-21)17(23)22-10-5-4-8-16(22)14(3)19;/h13-16H,4-12,19H2,1-3H3,(H,20,24);1H. The zero-order valence-electron chi connectivity index (χ0n) is 15.9. The summed E-state index contributed by atoms with van der Waals surface area (Å²) < 4.78 is 0. The lowest BCUT2D eigenvalue weighted by molar-refractivity contribution is -0.141. The van der Waals surface area contributed by atoms with Gasteiger partial charge in [-0.2, -0.15) is 0 Å². The lowest BCUT2D eigenvalue weighted by atomic mass is 9.91. The summed E-state index contributed by atoms with van der Waals surface area (Å²) in [6.45, 7) is 8.90. The number of nitrogens with one attached hydrogen (secondary N) is 1. The Kier molecular flexibility index (Phi) is 9.00. The van der Waals surface area contributed by atoms with Crippen LogP contribution in [0.25, 0.3) is 0 Å². The SMILES string of the molecule is CC(C)CNC(=O)N1CCCC(C(=O)N2CCCCC2C(C)N)C1.Cl.